The fourth-order valence-electron chi connectivity index (χ4n) is 1.69. The molecule has 0 fully saturated rings. The van der Waals surface area contributed by atoms with E-state index in [1.54, 1.807) is 18.5 Å². The molecule has 0 bridgehead atoms. The van der Waals surface area contributed by atoms with Gasteiger partial charge in [-0.25, -0.2) is 4.98 Å². The summed E-state index contributed by atoms with van der Waals surface area (Å²) in [5.74, 6) is -0.103. The zero-order valence-corrected chi connectivity index (χ0v) is 10.9. The average Bonchev–Trinajstić information content (AvgIpc) is 2.89. The molecule has 0 atom stereocenters. The van der Waals surface area contributed by atoms with Crippen molar-refractivity contribution in [2.45, 2.75) is 0 Å². The summed E-state index contributed by atoms with van der Waals surface area (Å²) < 4.78 is 5.32. The van der Waals surface area contributed by atoms with Gasteiger partial charge in [0.2, 0.25) is 0 Å². The molecule has 6 nitrogen and oxygen atoms in total. The van der Waals surface area contributed by atoms with Gasteiger partial charge in [0.1, 0.15) is 0 Å². The Hall–Kier alpha value is -1.92. The number of H-pyrrole nitrogens is 1. The number of likely N-dealkylation sites (N-methyl/N-ethyl adjacent to an activating group) is 1. The van der Waals surface area contributed by atoms with Gasteiger partial charge in [-0.05, 0) is 25.2 Å². The number of nitrogens with one attached hydrogen (secondary N) is 3. The van der Waals surface area contributed by atoms with Gasteiger partial charge in [0.15, 0.2) is 0 Å². The Labute approximate surface area is 111 Å². The molecule has 0 saturated carbocycles. The zero-order chi connectivity index (χ0) is 13.5. The highest BCUT2D eigenvalue weighted by Gasteiger charge is 2.06. The largest absolute Gasteiger partial charge is 0.378 e. The van der Waals surface area contributed by atoms with E-state index in [2.05, 4.69) is 20.6 Å². The molecule has 1 aromatic carbocycles. The van der Waals surface area contributed by atoms with Crippen LogP contribution in [0, 0.1) is 0 Å². The number of carbonyl (C=O) groups is 1. The van der Waals surface area contributed by atoms with Gasteiger partial charge in [0.25, 0.3) is 5.91 Å². The minimum absolute atomic E-state index is 0.103. The Morgan fingerprint density at radius 1 is 1.37 bits per heavy atom. The van der Waals surface area contributed by atoms with Gasteiger partial charge in [0, 0.05) is 18.7 Å². The van der Waals surface area contributed by atoms with Crippen molar-refractivity contribution in [2.24, 2.45) is 0 Å². The lowest BCUT2D eigenvalue weighted by molar-refractivity contribution is 0.0917. The Balaban J connectivity index is 1.79. The third kappa shape index (κ3) is 3.77. The molecule has 1 amide bonds. The lowest BCUT2D eigenvalue weighted by atomic mass is 10.2. The number of fused-ring (bicyclic) bond motifs is 1. The minimum Gasteiger partial charge on any atom is -0.378 e. The van der Waals surface area contributed by atoms with Crippen LogP contribution in [0.25, 0.3) is 11.0 Å². The predicted molar refractivity (Wildman–Crippen MR) is 73.2 cm³/mol. The minimum atomic E-state index is -0.103. The maximum atomic E-state index is 11.9. The van der Waals surface area contributed by atoms with Gasteiger partial charge in [-0.3, -0.25) is 4.79 Å². The van der Waals surface area contributed by atoms with Crippen molar-refractivity contribution < 1.29 is 9.53 Å². The molecule has 102 valence electrons. The van der Waals surface area contributed by atoms with Crippen molar-refractivity contribution >= 4 is 16.9 Å². The van der Waals surface area contributed by atoms with Crippen LogP contribution in [0.15, 0.2) is 24.5 Å². The highest BCUT2D eigenvalue weighted by Crippen LogP contribution is 2.11. The van der Waals surface area contributed by atoms with E-state index < -0.39 is 0 Å². The van der Waals surface area contributed by atoms with Crippen molar-refractivity contribution in [1.29, 1.82) is 0 Å². The first-order valence-corrected chi connectivity index (χ1v) is 6.25. The van der Waals surface area contributed by atoms with E-state index in [1.165, 1.54) is 0 Å². The second-order valence-electron chi connectivity index (χ2n) is 4.11. The molecule has 6 heteroatoms. The monoisotopic (exact) mass is 262 g/mol. The van der Waals surface area contributed by atoms with Crippen LogP contribution in [-0.4, -0.2) is 49.2 Å². The molecule has 19 heavy (non-hydrogen) atoms. The molecule has 2 rings (SSSR count). The molecule has 1 aromatic heterocycles. The zero-order valence-electron chi connectivity index (χ0n) is 10.9. The summed E-state index contributed by atoms with van der Waals surface area (Å²) in [7, 11) is 1.87. The molecule has 0 spiro atoms. The van der Waals surface area contributed by atoms with Crippen LogP contribution in [0.3, 0.4) is 0 Å². The van der Waals surface area contributed by atoms with E-state index in [0.717, 1.165) is 17.6 Å². The summed E-state index contributed by atoms with van der Waals surface area (Å²) in [6.45, 7) is 2.47. The number of imidazole rings is 1. The van der Waals surface area contributed by atoms with Gasteiger partial charge in [-0.1, -0.05) is 0 Å². The third-order valence-electron chi connectivity index (χ3n) is 2.71. The Bertz CT molecular complexity index is 538. The fourth-order valence-corrected chi connectivity index (χ4v) is 1.69. The summed E-state index contributed by atoms with van der Waals surface area (Å²) in [5.41, 5.74) is 2.33. The van der Waals surface area contributed by atoms with Crippen LogP contribution in [0.4, 0.5) is 0 Å². The van der Waals surface area contributed by atoms with Crippen LogP contribution in [0.5, 0.6) is 0 Å². The summed E-state index contributed by atoms with van der Waals surface area (Å²) in [6.07, 6.45) is 1.61. The van der Waals surface area contributed by atoms with Gasteiger partial charge in [0.05, 0.1) is 30.6 Å². The summed E-state index contributed by atoms with van der Waals surface area (Å²) in [6, 6.07) is 5.38. The van der Waals surface area contributed by atoms with Crippen molar-refractivity contribution in [3.63, 3.8) is 0 Å². The fraction of sp³-hybridized carbons (Fsp3) is 0.385. The molecular formula is C13H18N4O2. The van der Waals surface area contributed by atoms with Crippen LogP contribution in [-0.2, 0) is 4.74 Å². The number of hydrogen-bond donors (Lipinski definition) is 3. The smallest absolute Gasteiger partial charge is 0.251 e. The van der Waals surface area contributed by atoms with Gasteiger partial charge in [-0.15, -0.1) is 0 Å². The molecule has 0 aliphatic rings. The topological polar surface area (TPSA) is 79.0 Å². The molecule has 0 unspecified atom stereocenters. The molecule has 0 radical (unpaired) electrons. The van der Waals surface area contributed by atoms with Crippen molar-refractivity contribution in [3.8, 4) is 0 Å². The second kappa shape index (κ2) is 6.86. The maximum Gasteiger partial charge on any atom is 0.251 e. The summed E-state index contributed by atoms with van der Waals surface area (Å²) >= 11 is 0. The molecule has 0 aliphatic heterocycles. The van der Waals surface area contributed by atoms with Gasteiger partial charge in [-0.2, -0.15) is 0 Å². The lowest BCUT2D eigenvalue weighted by Gasteiger charge is -2.06. The lowest BCUT2D eigenvalue weighted by Crippen LogP contribution is -2.28. The maximum absolute atomic E-state index is 11.9. The number of carbonyl (C=O) groups excluding carboxylic acids is 1. The summed E-state index contributed by atoms with van der Waals surface area (Å²) in [4.78, 5) is 19.0. The van der Waals surface area contributed by atoms with E-state index in [4.69, 9.17) is 4.74 Å². The molecule has 2 aromatic rings. The Morgan fingerprint density at radius 2 is 2.21 bits per heavy atom. The number of rotatable bonds is 7. The van der Waals surface area contributed by atoms with E-state index in [-0.39, 0.29) is 5.91 Å². The van der Waals surface area contributed by atoms with Crippen molar-refractivity contribution in [2.75, 3.05) is 33.4 Å². The van der Waals surface area contributed by atoms with E-state index in [0.29, 0.717) is 25.3 Å². The standard InChI is InChI=1S/C13H18N4O2/c1-14-4-6-19-7-5-15-13(18)10-2-3-11-12(8-10)17-9-16-11/h2-3,8-9,14H,4-7H2,1H3,(H,15,18)(H,16,17). The number of ether oxygens (including phenoxy) is 1. The van der Waals surface area contributed by atoms with Crippen LogP contribution in [0.1, 0.15) is 10.4 Å². The first-order chi connectivity index (χ1) is 9.31. The van der Waals surface area contributed by atoms with Crippen LogP contribution < -0.4 is 10.6 Å². The number of amides is 1. The van der Waals surface area contributed by atoms with E-state index in [9.17, 15) is 4.79 Å². The first kappa shape index (κ1) is 13.5. The van der Waals surface area contributed by atoms with Crippen molar-refractivity contribution in [1.82, 2.24) is 20.6 Å². The summed E-state index contributed by atoms with van der Waals surface area (Å²) in [5, 5.41) is 5.80. The molecule has 0 aliphatic carbocycles. The third-order valence-corrected chi connectivity index (χ3v) is 2.71. The molecule has 0 saturated heterocycles. The van der Waals surface area contributed by atoms with Crippen LogP contribution >= 0.6 is 0 Å². The number of aromatic amines is 1. The number of hydrogen-bond acceptors (Lipinski definition) is 4. The average molecular weight is 262 g/mol. The van der Waals surface area contributed by atoms with Gasteiger partial charge >= 0.3 is 0 Å². The second-order valence-corrected chi connectivity index (χ2v) is 4.11. The molecule has 3 N–H and O–H groups in total. The molecule has 1 heterocycles. The predicted octanol–water partition coefficient (Wildman–Crippen LogP) is 0.529. The van der Waals surface area contributed by atoms with E-state index >= 15 is 0 Å². The van der Waals surface area contributed by atoms with E-state index in [1.807, 2.05) is 13.1 Å². The SMILES string of the molecule is CNCCOCCNC(=O)c1ccc2nc[nH]c2c1. The first-order valence-electron chi connectivity index (χ1n) is 6.25. The quantitative estimate of drug-likeness (QED) is 0.636. The number of benzene rings is 1. The molecular weight excluding hydrogens is 244 g/mol. The normalized spacial score (nSPS) is 10.8. The number of nitrogens with zero attached hydrogens (tertiary/aromatic N) is 1. The van der Waals surface area contributed by atoms with Crippen molar-refractivity contribution in [3.05, 3.63) is 30.1 Å². The number of aromatic nitrogens is 2. The van der Waals surface area contributed by atoms with Gasteiger partial charge < -0.3 is 20.4 Å². The highest BCUT2D eigenvalue weighted by atomic mass is 16.5. The Morgan fingerprint density at radius 3 is 3.05 bits per heavy atom. The highest BCUT2D eigenvalue weighted by molar-refractivity contribution is 5.97. The Kier molecular flexibility index (Phi) is 4.88. The van der Waals surface area contributed by atoms with Crippen LogP contribution in [0.2, 0.25) is 0 Å².